The Morgan fingerprint density at radius 1 is 0.348 bits per heavy atom. The van der Waals surface area contributed by atoms with Gasteiger partial charge in [-0.15, -0.1) is 0 Å². The average molecular weight is 1030 g/mol. The minimum absolute atomic E-state index is 0.476. The zero-order chi connectivity index (χ0) is 49.1. The maximum absolute atomic E-state index is 13.5. The van der Waals surface area contributed by atoms with E-state index in [9.17, 15) is 92.2 Å². The topological polar surface area (TPSA) is 426 Å². The number of hydrogen-bond donors (Lipinski definition) is 10. The quantitative estimate of drug-likeness (QED) is 0.0782. The molecule has 4 amide bonds. The molecular formula is C35H26N4O21S6. The maximum Gasteiger partial charge on any atom is 0.323 e. The molecule has 66 heavy (non-hydrogen) atoms. The van der Waals surface area contributed by atoms with Crippen molar-refractivity contribution in [1.82, 2.24) is 0 Å². The lowest BCUT2D eigenvalue weighted by molar-refractivity contribution is 0.101. The van der Waals surface area contributed by atoms with E-state index in [1.165, 1.54) is 0 Å². The van der Waals surface area contributed by atoms with Crippen LogP contribution in [-0.2, 0) is 60.7 Å². The van der Waals surface area contributed by atoms with Gasteiger partial charge in [-0.2, -0.15) is 50.5 Å². The van der Waals surface area contributed by atoms with Crippen molar-refractivity contribution in [3.8, 4) is 0 Å². The molecule has 0 heterocycles. The van der Waals surface area contributed by atoms with Gasteiger partial charge in [0.25, 0.3) is 72.5 Å². The highest BCUT2D eigenvalue weighted by Gasteiger charge is 2.29. The van der Waals surface area contributed by atoms with E-state index in [0.29, 0.717) is 12.1 Å². The largest absolute Gasteiger partial charge is 0.323 e. The van der Waals surface area contributed by atoms with E-state index in [1.54, 1.807) is 0 Å². The summed E-state index contributed by atoms with van der Waals surface area (Å²) in [6.45, 7) is 0. The Labute approximate surface area is 372 Å². The summed E-state index contributed by atoms with van der Waals surface area (Å²) in [5.74, 6) is -2.79. The molecule has 6 aromatic carbocycles. The predicted molar refractivity (Wildman–Crippen MR) is 228 cm³/mol. The summed E-state index contributed by atoms with van der Waals surface area (Å²) in [5, 5.41) is 6.18. The van der Waals surface area contributed by atoms with Crippen LogP contribution >= 0.6 is 0 Å². The minimum atomic E-state index is -5.37. The van der Waals surface area contributed by atoms with Crippen molar-refractivity contribution < 1.29 is 92.2 Å². The summed E-state index contributed by atoms with van der Waals surface area (Å²) in [7, 11) is -31.1. The van der Waals surface area contributed by atoms with E-state index in [1.807, 2.05) is 0 Å². The first kappa shape index (κ1) is 49.0. The van der Waals surface area contributed by atoms with Crippen LogP contribution in [0.2, 0.25) is 0 Å². The maximum atomic E-state index is 13.5. The fourth-order valence-electron chi connectivity index (χ4n) is 6.46. The van der Waals surface area contributed by atoms with Gasteiger partial charge in [-0.05, 0) is 72.8 Å². The van der Waals surface area contributed by atoms with E-state index < -0.39 is 163 Å². The van der Waals surface area contributed by atoms with Crippen molar-refractivity contribution in [1.29, 1.82) is 0 Å². The highest BCUT2D eigenvalue weighted by atomic mass is 32.2. The Morgan fingerprint density at radius 2 is 0.667 bits per heavy atom. The summed E-state index contributed by atoms with van der Waals surface area (Å²) in [4.78, 5) is 34.0. The molecule has 0 unspecified atom stereocenters. The van der Waals surface area contributed by atoms with Gasteiger partial charge in [-0.1, -0.05) is 24.3 Å². The first-order chi connectivity index (χ1) is 30.3. The molecule has 6 aromatic rings. The average Bonchev–Trinajstić information content (AvgIpc) is 3.18. The van der Waals surface area contributed by atoms with Gasteiger partial charge in [0.15, 0.2) is 0 Å². The van der Waals surface area contributed by atoms with Gasteiger partial charge in [0, 0.05) is 32.9 Å². The van der Waals surface area contributed by atoms with Gasteiger partial charge < -0.3 is 21.3 Å². The number of hydrogen-bond acceptors (Lipinski definition) is 15. The second kappa shape index (κ2) is 17.1. The number of amides is 4. The molecule has 0 aliphatic rings. The number of rotatable bonds is 12. The Balaban J connectivity index is 1.29. The molecule has 0 radical (unpaired) electrons. The third-order valence-corrected chi connectivity index (χ3v) is 14.5. The molecule has 0 aliphatic heterocycles. The fraction of sp³-hybridized carbons (Fsp3) is 0. The SMILES string of the molecule is O=C(Nc1ccc(C(=O)Nc2ccc(S(=O)(=O)O)c3cccc(S(=O)(=O)O)c23)c(S(=O)(=O)O)c1)Nc1ccc(C(=O)Nc2ccc(S(=O)(=O)O)c3cccc(S(=O)(=O)O)c23)c(S(=O)(=O)O)c1. The van der Waals surface area contributed by atoms with Crippen molar-refractivity contribution in [2.45, 2.75) is 29.4 Å². The molecule has 0 atom stereocenters. The predicted octanol–water partition coefficient (Wildman–Crippen LogP) is 3.62. The van der Waals surface area contributed by atoms with Crippen LogP contribution < -0.4 is 21.3 Å². The van der Waals surface area contributed by atoms with Crippen LogP contribution in [0.3, 0.4) is 0 Å². The van der Waals surface area contributed by atoms with Crippen molar-refractivity contribution in [3.05, 3.63) is 108 Å². The van der Waals surface area contributed by atoms with E-state index in [4.69, 9.17) is 0 Å². The Hall–Kier alpha value is -6.49. The van der Waals surface area contributed by atoms with Crippen LogP contribution in [0.1, 0.15) is 20.7 Å². The number of carbonyl (C=O) groups is 3. The molecule has 0 bridgehead atoms. The van der Waals surface area contributed by atoms with Crippen molar-refractivity contribution in [2.24, 2.45) is 0 Å². The third-order valence-electron chi connectivity index (χ3n) is 9.06. The van der Waals surface area contributed by atoms with Gasteiger partial charge in [-0.25, -0.2) is 4.79 Å². The number of nitrogens with one attached hydrogen (secondary N) is 4. The zero-order valence-corrected chi connectivity index (χ0v) is 36.9. The van der Waals surface area contributed by atoms with Crippen molar-refractivity contribution in [2.75, 3.05) is 21.3 Å². The molecule has 6 rings (SSSR count). The van der Waals surface area contributed by atoms with Crippen LogP contribution in [0.25, 0.3) is 21.5 Å². The lowest BCUT2D eigenvalue weighted by atomic mass is 10.1. The molecule has 348 valence electrons. The molecule has 0 saturated carbocycles. The Bertz CT molecular complexity index is 3580. The third kappa shape index (κ3) is 10.3. The number of anilines is 4. The van der Waals surface area contributed by atoms with E-state index >= 15 is 0 Å². The van der Waals surface area contributed by atoms with Gasteiger partial charge in [0.2, 0.25) is 0 Å². The number of urea groups is 1. The Morgan fingerprint density at radius 3 is 0.970 bits per heavy atom. The highest BCUT2D eigenvalue weighted by molar-refractivity contribution is 7.87. The van der Waals surface area contributed by atoms with Crippen molar-refractivity contribution in [3.63, 3.8) is 0 Å². The van der Waals surface area contributed by atoms with Crippen LogP contribution in [0.15, 0.2) is 126 Å². The minimum Gasteiger partial charge on any atom is -0.321 e. The summed E-state index contributed by atoms with van der Waals surface area (Å²) >= 11 is 0. The molecule has 25 nitrogen and oxygen atoms in total. The number of benzene rings is 6. The molecule has 0 fully saturated rings. The molecule has 10 N–H and O–H groups in total. The second-order valence-electron chi connectivity index (χ2n) is 13.3. The summed E-state index contributed by atoms with van der Waals surface area (Å²) in [5.41, 5.74) is -3.75. The smallest absolute Gasteiger partial charge is 0.321 e. The molecule has 0 saturated heterocycles. The normalized spacial score (nSPS) is 12.7. The summed E-state index contributed by atoms with van der Waals surface area (Å²) in [6.07, 6.45) is 0. The molecule has 0 aromatic heterocycles. The fourth-order valence-corrected chi connectivity index (χ4v) is 10.7. The van der Waals surface area contributed by atoms with Crippen LogP contribution in [-0.4, -0.2) is 95.7 Å². The van der Waals surface area contributed by atoms with Crippen LogP contribution in [0.5, 0.6) is 0 Å². The molecule has 31 heteroatoms. The lowest BCUT2D eigenvalue weighted by Gasteiger charge is -2.16. The summed E-state index contributed by atoms with van der Waals surface area (Å²) in [6, 6.07) is 11.9. The van der Waals surface area contributed by atoms with Crippen LogP contribution in [0, 0.1) is 0 Å². The second-order valence-corrected chi connectivity index (χ2v) is 21.7. The monoisotopic (exact) mass is 1030 g/mol. The highest BCUT2D eigenvalue weighted by Crippen LogP contribution is 2.37. The summed E-state index contributed by atoms with van der Waals surface area (Å²) < 4.78 is 206. The van der Waals surface area contributed by atoms with E-state index in [0.717, 1.165) is 84.9 Å². The van der Waals surface area contributed by atoms with E-state index in [-0.39, 0.29) is 0 Å². The van der Waals surface area contributed by atoms with Gasteiger partial charge in [-0.3, -0.25) is 36.9 Å². The van der Waals surface area contributed by atoms with Gasteiger partial charge >= 0.3 is 6.03 Å². The first-order valence-electron chi connectivity index (χ1n) is 17.2. The molecule has 0 spiro atoms. The van der Waals surface area contributed by atoms with Crippen LogP contribution in [0.4, 0.5) is 27.5 Å². The zero-order valence-electron chi connectivity index (χ0n) is 32.0. The Kier molecular flexibility index (Phi) is 12.7. The van der Waals surface area contributed by atoms with Gasteiger partial charge in [0.1, 0.15) is 29.4 Å². The molecular weight excluding hydrogens is 1000 g/mol. The number of fused-ring (bicyclic) bond motifs is 2. The lowest BCUT2D eigenvalue weighted by Crippen LogP contribution is -2.22. The first-order valence-corrected chi connectivity index (χ1v) is 25.9. The van der Waals surface area contributed by atoms with E-state index in [2.05, 4.69) is 21.3 Å². The van der Waals surface area contributed by atoms with Crippen molar-refractivity contribution >= 4 is 123 Å². The van der Waals surface area contributed by atoms with Gasteiger partial charge in [0.05, 0.1) is 22.5 Å². The standard InChI is InChI=1S/C35H26N4O21S6/c40-33(38-23-11-13-25(61(43,44)45)19-3-1-5-27(31(19)23)63(49,50)51)21-9-7-17(15-29(21)65(55,56)57)36-35(42)37-18-8-10-22(30(16-18)66(58,59)60)34(41)39-24-12-14-26(62(46,47)48)20-4-2-6-28(32(20)24)64(52,53)54/h1-16H,(H,38,40)(H,39,41)(H2,36,37,42)(H,43,44,45)(H,46,47,48)(H,49,50,51)(H,52,53,54)(H,55,56,57)(H,58,59,60). The number of carbonyl (C=O) groups excluding carboxylic acids is 3. The molecule has 0 aliphatic carbocycles.